The summed E-state index contributed by atoms with van der Waals surface area (Å²) < 4.78 is 7.67. The van der Waals surface area contributed by atoms with E-state index in [0.29, 0.717) is 12.6 Å². The maximum atomic E-state index is 12.4. The highest BCUT2D eigenvalue weighted by Gasteiger charge is 2.56. The van der Waals surface area contributed by atoms with Crippen LogP contribution in [0.2, 0.25) is 0 Å². The molecule has 3 rings (SSSR count). The van der Waals surface area contributed by atoms with E-state index in [1.165, 1.54) is 25.6 Å². The lowest BCUT2D eigenvalue weighted by Crippen LogP contribution is -2.66. The molecule has 1 heterocycles. The Hall–Kier alpha value is -1.63. The van der Waals surface area contributed by atoms with E-state index in [4.69, 9.17) is 4.74 Å². The van der Waals surface area contributed by atoms with Crippen LogP contribution in [0.4, 0.5) is 4.79 Å². The van der Waals surface area contributed by atoms with Gasteiger partial charge in [-0.1, -0.05) is 19.3 Å². The molecule has 24 heavy (non-hydrogen) atoms. The second-order valence-corrected chi connectivity index (χ2v) is 7.16. The molecule has 0 unspecified atom stereocenters. The molecular formula is C17H29N5O2. The predicted molar refractivity (Wildman–Crippen MR) is 90.5 cm³/mol. The Bertz CT molecular complexity index is 527. The molecule has 0 bridgehead atoms. The Balaban J connectivity index is 1.51. The van der Waals surface area contributed by atoms with Gasteiger partial charge in [-0.15, -0.1) is 0 Å². The third-order valence-corrected chi connectivity index (χ3v) is 5.55. The number of carbonyl (C=O) groups is 1. The molecule has 0 aliphatic heterocycles. The molecule has 2 N–H and O–H groups in total. The van der Waals surface area contributed by atoms with E-state index in [-0.39, 0.29) is 23.5 Å². The number of amides is 2. The highest BCUT2D eigenvalue weighted by Crippen LogP contribution is 2.53. The number of aromatic nitrogens is 3. The van der Waals surface area contributed by atoms with Crippen LogP contribution in [-0.2, 0) is 11.3 Å². The van der Waals surface area contributed by atoms with Crippen molar-refractivity contribution in [2.24, 2.45) is 5.41 Å². The predicted octanol–water partition coefficient (Wildman–Crippen LogP) is 2.09. The van der Waals surface area contributed by atoms with E-state index in [1.807, 2.05) is 6.92 Å². The van der Waals surface area contributed by atoms with Gasteiger partial charge < -0.3 is 15.4 Å². The van der Waals surface area contributed by atoms with Gasteiger partial charge in [0.05, 0.1) is 12.6 Å². The summed E-state index contributed by atoms with van der Waals surface area (Å²) in [6.07, 6.45) is 10.5. The number of carbonyl (C=O) groups excluding carboxylic acids is 1. The van der Waals surface area contributed by atoms with Crippen LogP contribution in [0.15, 0.2) is 12.7 Å². The molecule has 7 nitrogen and oxygen atoms in total. The van der Waals surface area contributed by atoms with Crippen LogP contribution in [0, 0.1) is 5.41 Å². The normalized spacial score (nSPS) is 26.6. The molecule has 2 aliphatic rings. The van der Waals surface area contributed by atoms with Crippen molar-refractivity contribution in [3.05, 3.63) is 12.7 Å². The van der Waals surface area contributed by atoms with Crippen LogP contribution in [0.25, 0.3) is 0 Å². The second kappa shape index (κ2) is 7.51. The first-order valence-corrected chi connectivity index (χ1v) is 9.15. The number of ether oxygens (including phenoxy) is 1. The summed E-state index contributed by atoms with van der Waals surface area (Å²) in [7, 11) is 0. The van der Waals surface area contributed by atoms with Crippen LogP contribution >= 0.6 is 0 Å². The standard InChI is InChI=1S/C17H29N5O2/c1-3-24-15-9-14(17(15)7-5-4-6-8-17)21-16(23)20-13(2)10-22-12-18-11-19-22/h11-15H,3-10H2,1-2H3,(H2,20,21,23)/t13-,14+,15-/m1/s1. The zero-order valence-corrected chi connectivity index (χ0v) is 14.7. The molecule has 1 aromatic rings. The number of hydrogen-bond acceptors (Lipinski definition) is 4. The summed E-state index contributed by atoms with van der Waals surface area (Å²) in [6.45, 7) is 5.39. The van der Waals surface area contributed by atoms with Crippen LogP contribution in [0.1, 0.15) is 52.4 Å². The summed E-state index contributed by atoms with van der Waals surface area (Å²) >= 11 is 0. The van der Waals surface area contributed by atoms with Crippen molar-refractivity contribution in [2.75, 3.05) is 6.61 Å². The number of nitrogens with zero attached hydrogens (tertiary/aromatic N) is 3. The van der Waals surface area contributed by atoms with Gasteiger partial charge in [-0.05, 0) is 33.1 Å². The van der Waals surface area contributed by atoms with Gasteiger partial charge in [-0.25, -0.2) is 9.78 Å². The number of urea groups is 1. The Morgan fingerprint density at radius 2 is 2.21 bits per heavy atom. The summed E-state index contributed by atoms with van der Waals surface area (Å²) in [5.41, 5.74) is 0.154. The molecular weight excluding hydrogens is 306 g/mol. The third-order valence-electron chi connectivity index (χ3n) is 5.55. The lowest BCUT2D eigenvalue weighted by atomic mass is 9.55. The van der Waals surface area contributed by atoms with Crippen LogP contribution in [0.5, 0.6) is 0 Å². The first kappa shape index (κ1) is 17.2. The van der Waals surface area contributed by atoms with E-state index in [1.54, 1.807) is 11.0 Å². The van der Waals surface area contributed by atoms with Crippen molar-refractivity contribution in [2.45, 2.75) is 77.1 Å². The van der Waals surface area contributed by atoms with Crippen LogP contribution < -0.4 is 10.6 Å². The van der Waals surface area contributed by atoms with E-state index >= 15 is 0 Å². The molecule has 0 radical (unpaired) electrons. The summed E-state index contributed by atoms with van der Waals surface area (Å²) in [6, 6.07) is 0.136. The van der Waals surface area contributed by atoms with Gasteiger partial charge in [-0.3, -0.25) is 4.68 Å². The van der Waals surface area contributed by atoms with Crippen molar-refractivity contribution in [3.8, 4) is 0 Å². The fraction of sp³-hybridized carbons (Fsp3) is 0.824. The first-order valence-electron chi connectivity index (χ1n) is 9.15. The van der Waals surface area contributed by atoms with Gasteiger partial charge in [0.25, 0.3) is 0 Å². The van der Waals surface area contributed by atoms with Crippen molar-refractivity contribution < 1.29 is 9.53 Å². The van der Waals surface area contributed by atoms with Crippen molar-refractivity contribution in [1.29, 1.82) is 0 Å². The van der Waals surface area contributed by atoms with Gasteiger partial charge in [-0.2, -0.15) is 5.10 Å². The minimum absolute atomic E-state index is 0.00299. The Labute approximate surface area is 143 Å². The summed E-state index contributed by atoms with van der Waals surface area (Å²) in [4.78, 5) is 16.3. The average Bonchev–Trinajstić information content (AvgIpc) is 3.07. The van der Waals surface area contributed by atoms with E-state index in [0.717, 1.165) is 25.9 Å². The van der Waals surface area contributed by atoms with Gasteiger partial charge in [0.1, 0.15) is 12.7 Å². The maximum absolute atomic E-state index is 12.4. The molecule has 1 spiro atoms. The number of nitrogens with one attached hydrogen (secondary N) is 2. The zero-order valence-electron chi connectivity index (χ0n) is 14.7. The summed E-state index contributed by atoms with van der Waals surface area (Å²) in [5.74, 6) is 0. The SMILES string of the molecule is CCO[C@@H]1C[C@H](NC(=O)N[C@H](C)Cn2cncn2)C12CCCCC2. The Morgan fingerprint density at radius 1 is 1.42 bits per heavy atom. The van der Waals surface area contributed by atoms with E-state index < -0.39 is 0 Å². The average molecular weight is 335 g/mol. The number of rotatable bonds is 6. The molecule has 1 aromatic heterocycles. The van der Waals surface area contributed by atoms with Crippen LogP contribution in [-0.4, -0.2) is 45.6 Å². The monoisotopic (exact) mass is 335 g/mol. The quantitative estimate of drug-likeness (QED) is 0.834. The van der Waals surface area contributed by atoms with Crippen molar-refractivity contribution >= 4 is 6.03 Å². The second-order valence-electron chi connectivity index (χ2n) is 7.16. The number of hydrogen-bond donors (Lipinski definition) is 2. The van der Waals surface area contributed by atoms with Crippen LogP contribution in [0.3, 0.4) is 0 Å². The van der Waals surface area contributed by atoms with Gasteiger partial charge in [0, 0.05) is 24.1 Å². The Kier molecular flexibility index (Phi) is 5.38. The fourth-order valence-electron chi connectivity index (χ4n) is 4.34. The highest BCUT2D eigenvalue weighted by atomic mass is 16.5. The molecule has 0 saturated heterocycles. The molecule has 2 aliphatic carbocycles. The van der Waals surface area contributed by atoms with Crippen molar-refractivity contribution in [3.63, 3.8) is 0 Å². The third kappa shape index (κ3) is 3.55. The smallest absolute Gasteiger partial charge is 0.315 e. The molecule has 7 heteroatoms. The minimum atomic E-state index is -0.0903. The lowest BCUT2D eigenvalue weighted by Gasteiger charge is -2.57. The van der Waals surface area contributed by atoms with Gasteiger partial charge >= 0.3 is 6.03 Å². The fourth-order valence-corrected chi connectivity index (χ4v) is 4.34. The Morgan fingerprint density at radius 3 is 2.88 bits per heavy atom. The topological polar surface area (TPSA) is 81.1 Å². The van der Waals surface area contributed by atoms with Gasteiger partial charge in [0.15, 0.2) is 0 Å². The highest BCUT2D eigenvalue weighted by molar-refractivity contribution is 5.74. The zero-order chi connectivity index (χ0) is 17.0. The van der Waals surface area contributed by atoms with Gasteiger partial charge in [0.2, 0.25) is 0 Å². The first-order chi connectivity index (χ1) is 11.6. The molecule has 2 saturated carbocycles. The van der Waals surface area contributed by atoms with Crippen molar-refractivity contribution in [1.82, 2.24) is 25.4 Å². The molecule has 134 valence electrons. The molecule has 3 atom stereocenters. The summed E-state index contributed by atoms with van der Waals surface area (Å²) in [5, 5.41) is 10.3. The molecule has 2 fully saturated rings. The largest absolute Gasteiger partial charge is 0.378 e. The lowest BCUT2D eigenvalue weighted by molar-refractivity contribution is -0.146. The molecule has 2 amide bonds. The van der Waals surface area contributed by atoms with E-state index in [2.05, 4.69) is 27.6 Å². The maximum Gasteiger partial charge on any atom is 0.315 e. The minimum Gasteiger partial charge on any atom is -0.378 e. The molecule has 0 aromatic carbocycles. The van der Waals surface area contributed by atoms with E-state index in [9.17, 15) is 4.79 Å².